The van der Waals surface area contributed by atoms with Crippen LogP contribution >= 0.6 is 7.60 Å². The van der Waals surface area contributed by atoms with E-state index in [1.54, 1.807) is 12.3 Å². The van der Waals surface area contributed by atoms with Crippen LogP contribution in [0.15, 0.2) is 34.3 Å². The summed E-state index contributed by atoms with van der Waals surface area (Å²) in [7, 11) is -4.46. The van der Waals surface area contributed by atoms with E-state index in [1.165, 1.54) is 35.2 Å². The van der Waals surface area contributed by atoms with Crippen LogP contribution in [0.25, 0.3) is 11.0 Å². The Morgan fingerprint density at radius 1 is 1.07 bits per heavy atom. The number of H-pyrrole nitrogens is 1. The van der Waals surface area contributed by atoms with Gasteiger partial charge < -0.3 is 81.2 Å². The molecule has 15 N–H and O–H groups in total. The lowest BCUT2D eigenvalue weighted by atomic mass is 9.96. The monoisotopic (exact) mass is 673 g/mol. The van der Waals surface area contributed by atoms with Crippen molar-refractivity contribution in [1.29, 1.82) is 0 Å². The fourth-order valence-electron chi connectivity index (χ4n) is 5.46. The van der Waals surface area contributed by atoms with E-state index in [2.05, 4.69) is 20.3 Å². The van der Waals surface area contributed by atoms with Gasteiger partial charge >= 0.3 is 7.60 Å². The van der Waals surface area contributed by atoms with Gasteiger partial charge in [-0.05, 0) is 26.0 Å². The number of nitrogens with two attached hydrogens (primary N) is 3. The number of aliphatic hydroxyl groups excluding tert-OH is 3. The Hall–Kier alpha value is -3.44. The number of aliphatic imine (C=N–C) groups is 1. The predicted molar refractivity (Wildman–Crippen MR) is 158 cm³/mol. The highest BCUT2D eigenvalue weighted by atomic mass is 31.2. The summed E-state index contributed by atoms with van der Waals surface area (Å²) in [6.45, 7) is 2.26. The predicted octanol–water partition coefficient (Wildman–Crippen LogP) is -3.39. The van der Waals surface area contributed by atoms with Crippen molar-refractivity contribution in [3.8, 4) is 0 Å². The largest absolute Gasteiger partial charge is 0.394 e. The molecule has 3 aromatic heterocycles. The molecule has 22 heteroatoms. The lowest BCUT2D eigenvalue weighted by Gasteiger charge is -2.29. The third-order valence-corrected chi connectivity index (χ3v) is 8.34. The summed E-state index contributed by atoms with van der Waals surface area (Å²) in [6, 6.07) is 3.16. The van der Waals surface area contributed by atoms with Gasteiger partial charge in [0.2, 0.25) is 5.95 Å². The second-order valence-corrected chi connectivity index (χ2v) is 13.0. The van der Waals surface area contributed by atoms with Gasteiger partial charge in [0.1, 0.15) is 41.5 Å². The lowest BCUT2D eigenvalue weighted by Crippen LogP contribution is -2.44. The first kappa shape index (κ1) is 33.9. The second-order valence-electron chi connectivity index (χ2n) is 11.4. The molecular formula is C24H36N9O12P. The maximum atomic E-state index is 11.8. The van der Waals surface area contributed by atoms with Gasteiger partial charge in [0.25, 0.3) is 5.56 Å². The zero-order valence-electron chi connectivity index (χ0n) is 24.4. The van der Waals surface area contributed by atoms with Crippen LogP contribution in [0.5, 0.6) is 0 Å². The van der Waals surface area contributed by atoms with E-state index in [0.717, 1.165) is 0 Å². The summed E-state index contributed by atoms with van der Waals surface area (Å²) < 4.78 is 29.7. The van der Waals surface area contributed by atoms with Gasteiger partial charge in [-0.25, -0.2) is 4.99 Å². The van der Waals surface area contributed by atoms with E-state index in [-0.39, 0.29) is 22.9 Å². The van der Waals surface area contributed by atoms with Crippen LogP contribution in [0.2, 0.25) is 0 Å². The third-order valence-electron chi connectivity index (χ3n) is 7.86. The standard InChI is InChI=1S/C12H20N5O7P.C12H16N4O5/c1-12(19)6(18)9(23-4-25(20,21)22)24-10(12)17-3-2-5-7(13)15-11(14)16-8(5)17;1-12(20)7(18)6(4-17)21-10(12)16-3-2-5-8(16)14-11(13)15-9(5)19/h2-3,6-7,9-10,18-19H,4,13H2,1H3,(H3,14,15,16)(H2,20,21,22);2-3,6-7,10,17-18,20H,4H2,1H3,(H3,13,14,15,19)/t6?,7?,9-,10+,12+;6-,7?,10-,12-/m01/s1. The summed E-state index contributed by atoms with van der Waals surface area (Å²) in [5.41, 5.74) is 14.0. The van der Waals surface area contributed by atoms with E-state index >= 15 is 0 Å². The number of guanidine groups is 1. The number of aromatic nitrogens is 4. The lowest BCUT2D eigenvalue weighted by molar-refractivity contribution is -0.168. The Morgan fingerprint density at radius 3 is 2.33 bits per heavy atom. The molecule has 3 aliphatic rings. The van der Waals surface area contributed by atoms with Gasteiger partial charge in [0.15, 0.2) is 36.7 Å². The molecule has 3 unspecified atom stereocenters. The molecule has 0 radical (unpaired) electrons. The Kier molecular flexibility index (Phi) is 8.83. The number of nitrogens with one attached hydrogen (secondary N) is 2. The molecule has 2 fully saturated rings. The smallest absolute Gasteiger partial charge is 0.351 e. The summed E-state index contributed by atoms with van der Waals surface area (Å²) in [5, 5.41) is 53.6. The van der Waals surface area contributed by atoms with E-state index in [9.17, 15) is 34.9 Å². The number of nitrogens with zero attached hydrogens (tertiary/aromatic N) is 4. The molecule has 0 amide bonds. The number of anilines is 2. The summed E-state index contributed by atoms with van der Waals surface area (Å²) in [4.78, 5) is 39.9. The molecule has 6 rings (SSSR count). The Bertz CT molecular complexity index is 1730. The van der Waals surface area contributed by atoms with E-state index in [4.69, 9.17) is 41.2 Å². The average Bonchev–Trinajstić information content (AvgIpc) is 3.67. The van der Waals surface area contributed by atoms with Gasteiger partial charge in [0.05, 0.1) is 12.0 Å². The number of ether oxygens (including phenoxy) is 3. The maximum absolute atomic E-state index is 11.8. The van der Waals surface area contributed by atoms with E-state index in [0.29, 0.717) is 11.4 Å². The van der Waals surface area contributed by atoms with Gasteiger partial charge in [-0.3, -0.25) is 14.3 Å². The number of fused-ring (bicyclic) bond motifs is 2. The first-order chi connectivity index (χ1) is 21.4. The first-order valence-electron chi connectivity index (χ1n) is 13.7. The van der Waals surface area contributed by atoms with Crippen molar-refractivity contribution >= 4 is 36.4 Å². The number of rotatable bonds is 6. The molecule has 46 heavy (non-hydrogen) atoms. The quantitative estimate of drug-likeness (QED) is 0.113. The topological polar surface area (TPSA) is 344 Å². The van der Waals surface area contributed by atoms with Crippen molar-refractivity contribution in [2.24, 2.45) is 16.5 Å². The molecule has 6 heterocycles. The minimum atomic E-state index is -4.46. The van der Waals surface area contributed by atoms with Crippen LogP contribution in [-0.4, -0.2) is 109 Å². The summed E-state index contributed by atoms with van der Waals surface area (Å²) in [6.07, 6.45) is -5.90. The molecule has 0 spiro atoms. The molecule has 0 aliphatic carbocycles. The van der Waals surface area contributed by atoms with Crippen molar-refractivity contribution in [3.05, 3.63) is 40.4 Å². The van der Waals surface area contributed by atoms with Gasteiger partial charge in [-0.2, -0.15) is 4.98 Å². The molecule has 3 aliphatic heterocycles. The highest BCUT2D eigenvalue weighted by Crippen LogP contribution is 2.44. The van der Waals surface area contributed by atoms with Crippen LogP contribution in [0, 0.1) is 0 Å². The molecule has 0 aromatic carbocycles. The Balaban J connectivity index is 0.000000184. The van der Waals surface area contributed by atoms with Crippen LogP contribution in [0.1, 0.15) is 38.0 Å². The zero-order valence-corrected chi connectivity index (χ0v) is 25.3. The van der Waals surface area contributed by atoms with Crippen molar-refractivity contribution in [2.75, 3.05) is 24.0 Å². The van der Waals surface area contributed by atoms with Gasteiger partial charge in [-0.1, -0.05) is 0 Å². The fraction of sp³-hybridized carbons (Fsp3) is 0.542. The van der Waals surface area contributed by atoms with E-state index < -0.39 is 80.5 Å². The molecule has 3 aromatic rings. The number of hydrogen-bond donors (Lipinski definition) is 12. The third kappa shape index (κ3) is 6.03. The molecule has 9 atom stereocenters. The van der Waals surface area contributed by atoms with Crippen molar-refractivity contribution in [3.63, 3.8) is 0 Å². The normalized spacial score (nSPS) is 34.1. The molecule has 0 saturated carbocycles. The average molecular weight is 674 g/mol. The zero-order chi connectivity index (χ0) is 33.9. The summed E-state index contributed by atoms with van der Waals surface area (Å²) in [5.74, 6) is 0.435. The molecule has 0 bridgehead atoms. The van der Waals surface area contributed by atoms with Crippen LogP contribution in [-0.2, 0) is 18.8 Å². The highest BCUT2D eigenvalue weighted by molar-refractivity contribution is 7.51. The first-order valence-corrected chi connectivity index (χ1v) is 15.5. The number of aromatic amines is 1. The molecule has 2 saturated heterocycles. The molecule has 21 nitrogen and oxygen atoms in total. The van der Waals surface area contributed by atoms with Crippen molar-refractivity contribution < 1.29 is 54.1 Å². The van der Waals surface area contributed by atoms with E-state index in [1.807, 2.05) is 0 Å². The van der Waals surface area contributed by atoms with Crippen LogP contribution in [0.4, 0.5) is 11.8 Å². The Morgan fingerprint density at radius 2 is 1.70 bits per heavy atom. The maximum Gasteiger partial charge on any atom is 0.351 e. The fourth-order valence-corrected chi connectivity index (χ4v) is 5.80. The van der Waals surface area contributed by atoms with Gasteiger partial charge in [-0.15, -0.1) is 0 Å². The van der Waals surface area contributed by atoms with Crippen LogP contribution < -0.4 is 28.1 Å². The second kappa shape index (κ2) is 12.0. The van der Waals surface area contributed by atoms with Crippen molar-refractivity contribution in [2.45, 2.75) is 68.3 Å². The minimum absolute atomic E-state index is 0.0654. The Labute approximate surface area is 259 Å². The van der Waals surface area contributed by atoms with Gasteiger partial charge in [0, 0.05) is 18.0 Å². The number of hydrogen-bond acceptors (Lipinski definition) is 16. The number of aliphatic hydroxyl groups is 5. The molecule has 254 valence electrons. The minimum Gasteiger partial charge on any atom is -0.394 e. The highest BCUT2D eigenvalue weighted by Gasteiger charge is 2.55. The SMILES string of the molecule is C[C@@]1(O)C(O)[C@@H](CO)O[C@H]1n1ccc2c(=O)[nH]c(N)nc21.C[C@@]1(O)C(O)[C@@H](OCP(=O)(O)O)O[C@H]1n1ccc2c1NC(N)=NC2N. The molecular weight excluding hydrogens is 637 g/mol. The van der Waals surface area contributed by atoms with Crippen LogP contribution in [0.3, 0.4) is 0 Å². The number of nitrogen functional groups attached to an aromatic ring is 1. The summed E-state index contributed by atoms with van der Waals surface area (Å²) >= 11 is 0. The van der Waals surface area contributed by atoms with Crippen molar-refractivity contribution in [1.82, 2.24) is 19.1 Å².